The Morgan fingerprint density at radius 3 is 2.94 bits per heavy atom. The first-order valence-electron chi connectivity index (χ1n) is 6.12. The zero-order valence-electron chi connectivity index (χ0n) is 11.0. The van der Waals surface area contributed by atoms with Gasteiger partial charge in [-0.3, -0.25) is 0 Å². The van der Waals surface area contributed by atoms with Crippen molar-refractivity contribution < 1.29 is 9.53 Å². The Morgan fingerprint density at radius 1 is 1.44 bits per heavy atom. The van der Waals surface area contributed by atoms with E-state index >= 15 is 0 Å². The molecule has 0 radical (unpaired) electrons. The second kappa shape index (κ2) is 5.16. The van der Waals surface area contributed by atoms with Gasteiger partial charge in [0.25, 0.3) is 0 Å². The van der Waals surface area contributed by atoms with Crippen molar-refractivity contribution in [1.29, 1.82) is 0 Å². The maximum atomic E-state index is 11.6. The second-order valence-electron chi connectivity index (χ2n) is 4.71. The Balaban J connectivity index is 2.09. The van der Waals surface area contributed by atoms with E-state index in [4.69, 9.17) is 4.74 Å². The van der Waals surface area contributed by atoms with E-state index in [9.17, 15) is 4.79 Å². The van der Waals surface area contributed by atoms with E-state index in [-0.39, 0.29) is 12.1 Å². The van der Waals surface area contributed by atoms with Crippen molar-refractivity contribution in [3.8, 4) is 5.75 Å². The summed E-state index contributed by atoms with van der Waals surface area (Å²) in [5.74, 6) is 0.811. The topological polar surface area (TPSA) is 53.6 Å². The number of benzene rings is 1. The molecule has 1 aromatic carbocycles. The lowest BCUT2D eigenvalue weighted by Gasteiger charge is -2.28. The van der Waals surface area contributed by atoms with Gasteiger partial charge in [-0.1, -0.05) is 0 Å². The first kappa shape index (κ1) is 12.5. The van der Waals surface area contributed by atoms with Crippen LogP contribution in [-0.4, -0.2) is 32.3 Å². The van der Waals surface area contributed by atoms with Crippen LogP contribution in [0.1, 0.15) is 13.8 Å². The summed E-state index contributed by atoms with van der Waals surface area (Å²) in [6, 6.07) is 5.60. The number of hydrogen-bond acceptors (Lipinski definition) is 3. The molecule has 0 saturated carbocycles. The Bertz CT molecular complexity index is 446. The highest BCUT2D eigenvalue weighted by molar-refractivity contribution is 5.90. The van der Waals surface area contributed by atoms with E-state index in [2.05, 4.69) is 15.5 Å². The molecule has 18 heavy (non-hydrogen) atoms. The first-order valence-corrected chi connectivity index (χ1v) is 6.12. The molecule has 0 fully saturated rings. The number of rotatable bonds is 2. The lowest BCUT2D eigenvalue weighted by Crippen LogP contribution is -2.34. The molecule has 1 heterocycles. The molecule has 2 rings (SSSR count). The minimum Gasteiger partial charge on any atom is -0.489 e. The number of carbonyl (C=O) groups excluding carboxylic acids is 1. The van der Waals surface area contributed by atoms with Crippen molar-refractivity contribution in [2.75, 3.05) is 30.4 Å². The average Bonchev–Trinajstić information content (AvgIpc) is 2.27. The molecular formula is C13H19N3O2. The number of amides is 2. The number of nitrogens with one attached hydrogen (secondary N) is 2. The van der Waals surface area contributed by atoms with Crippen LogP contribution in [0.25, 0.3) is 0 Å². The molecule has 0 aliphatic carbocycles. The maximum absolute atomic E-state index is 11.6. The quantitative estimate of drug-likeness (QED) is 0.843. The minimum atomic E-state index is -0.200. The van der Waals surface area contributed by atoms with Crippen LogP contribution in [0.2, 0.25) is 0 Å². The van der Waals surface area contributed by atoms with Crippen LogP contribution in [0.15, 0.2) is 18.2 Å². The van der Waals surface area contributed by atoms with Gasteiger partial charge >= 0.3 is 6.03 Å². The lowest BCUT2D eigenvalue weighted by molar-refractivity contribution is 0.250. The van der Waals surface area contributed by atoms with Crippen molar-refractivity contribution in [1.82, 2.24) is 5.32 Å². The highest BCUT2D eigenvalue weighted by Gasteiger charge is 2.15. The fraction of sp³-hybridized carbons (Fsp3) is 0.462. The smallest absolute Gasteiger partial charge is 0.319 e. The van der Waals surface area contributed by atoms with Crippen molar-refractivity contribution in [3.63, 3.8) is 0 Å². The van der Waals surface area contributed by atoms with E-state index in [1.165, 1.54) is 0 Å². The van der Waals surface area contributed by atoms with Gasteiger partial charge < -0.3 is 20.3 Å². The van der Waals surface area contributed by atoms with Crippen molar-refractivity contribution in [2.24, 2.45) is 0 Å². The molecule has 1 aliphatic rings. The van der Waals surface area contributed by atoms with E-state index in [1.807, 2.05) is 39.1 Å². The van der Waals surface area contributed by atoms with Crippen LogP contribution in [0.3, 0.4) is 0 Å². The van der Waals surface area contributed by atoms with Crippen LogP contribution in [-0.2, 0) is 0 Å². The number of anilines is 2. The number of nitrogens with zero attached hydrogens (tertiary/aromatic N) is 1. The van der Waals surface area contributed by atoms with Crippen LogP contribution in [0.4, 0.5) is 16.2 Å². The lowest BCUT2D eigenvalue weighted by atomic mass is 10.2. The van der Waals surface area contributed by atoms with Crippen molar-refractivity contribution >= 4 is 17.4 Å². The van der Waals surface area contributed by atoms with Gasteiger partial charge in [-0.2, -0.15) is 0 Å². The van der Waals surface area contributed by atoms with Gasteiger partial charge in [-0.05, 0) is 26.0 Å². The Labute approximate surface area is 107 Å². The highest BCUT2D eigenvalue weighted by atomic mass is 16.5. The first-order chi connectivity index (χ1) is 8.56. The van der Waals surface area contributed by atoms with E-state index in [0.29, 0.717) is 6.61 Å². The number of likely N-dealkylation sites (N-methyl/N-ethyl adjacent to an activating group) is 1. The van der Waals surface area contributed by atoms with Gasteiger partial charge in [0.2, 0.25) is 0 Å². The Morgan fingerprint density at radius 2 is 2.22 bits per heavy atom. The maximum Gasteiger partial charge on any atom is 0.319 e. The molecule has 0 saturated heterocycles. The van der Waals surface area contributed by atoms with Gasteiger partial charge in [0, 0.05) is 24.8 Å². The summed E-state index contributed by atoms with van der Waals surface area (Å²) in [7, 11) is 2.03. The predicted octanol–water partition coefficient (Wildman–Crippen LogP) is 2.05. The number of urea groups is 1. The zero-order valence-corrected chi connectivity index (χ0v) is 11.0. The summed E-state index contributed by atoms with van der Waals surface area (Å²) in [4.78, 5) is 13.7. The molecule has 0 spiro atoms. The molecule has 0 unspecified atom stereocenters. The van der Waals surface area contributed by atoms with Crippen molar-refractivity contribution in [2.45, 2.75) is 19.9 Å². The summed E-state index contributed by atoms with van der Waals surface area (Å²) < 4.78 is 5.58. The number of fused-ring (bicyclic) bond motifs is 1. The molecule has 2 amide bonds. The van der Waals surface area contributed by atoms with E-state index < -0.39 is 0 Å². The molecule has 5 heteroatoms. The third-order valence-electron chi connectivity index (χ3n) is 2.73. The molecular weight excluding hydrogens is 230 g/mol. The third-order valence-corrected chi connectivity index (χ3v) is 2.73. The fourth-order valence-electron chi connectivity index (χ4n) is 1.87. The van der Waals surface area contributed by atoms with Gasteiger partial charge in [-0.25, -0.2) is 4.79 Å². The van der Waals surface area contributed by atoms with Gasteiger partial charge in [0.1, 0.15) is 12.4 Å². The largest absolute Gasteiger partial charge is 0.489 e. The second-order valence-corrected chi connectivity index (χ2v) is 4.71. The highest BCUT2D eigenvalue weighted by Crippen LogP contribution is 2.33. The Kier molecular flexibility index (Phi) is 3.60. The molecule has 0 atom stereocenters. The molecule has 0 bridgehead atoms. The zero-order chi connectivity index (χ0) is 13.1. The average molecular weight is 249 g/mol. The molecule has 1 aromatic rings. The summed E-state index contributed by atoms with van der Waals surface area (Å²) in [6.45, 7) is 5.40. The normalized spacial score (nSPS) is 13.9. The summed E-state index contributed by atoms with van der Waals surface area (Å²) >= 11 is 0. The van der Waals surface area contributed by atoms with Crippen LogP contribution >= 0.6 is 0 Å². The molecule has 1 aliphatic heterocycles. The van der Waals surface area contributed by atoms with Crippen LogP contribution in [0.5, 0.6) is 5.75 Å². The molecule has 2 N–H and O–H groups in total. The predicted molar refractivity (Wildman–Crippen MR) is 72.5 cm³/mol. The SMILES string of the molecule is CC(C)NC(=O)Nc1ccc2c(c1)OCCN2C. The summed E-state index contributed by atoms with van der Waals surface area (Å²) in [5, 5.41) is 5.57. The number of ether oxygens (including phenoxy) is 1. The molecule has 0 aromatic heterocycles. The molecule has 98 valence electrons. The Hall–Kier alpha value is -1.91. The summed E-state index contributed by atoms with van der Waals surface area (Å²) in [5.41, 5.74) is 1.79. The minimum absolute atomic E-state index is 0.116. The number of carbonyl (C=O) groups is 1. The fourth-order valence-corrected chi connectivity index (χ4v) is 1.87. The van der Waals surface area contributed by atoms with Gasteiger partial charge in [-0.15, -0.1) is 0 Å². The standard InChI is InChI=1S/C13H19N3O2/c1-9(2)14-13(17)15-10-4-5-11-12(8-10)18-7-6-16(11)3/h4-5,8-9H,6-7H2,1-3H3,(H2,14,15,17). The van der Waals surface area contributed by atoms with Crippen molar-refractivity contribution in [3.05, 3.63) is 18.2 Å². The van der Waals surface area contributed by atoms with Gasteiger partial charge in [0.05, 0.1) is 12.2 Å². The number of hydrogen-bond donors (Lipinski definition) is 2. The van der Waals surface area contributed by atoms with Crippen LogP contribution < -0.4 is 20.3 Å². The van der Waals surface area contributed by atoms with Gasteiger partial charge in [0.15, 0.2) is 0 Å². The monoisotopic (exact) mass is 249 g/mol. The van der Waals surface area contributed by atoms with E-state index in [0.717, 1.165) is 23.7 Å². The van der Waals surface area contributed by atoms with Crippen LogP contribution in [0, 0.1) is 0 Å². The molecule has 5 nitrogen and oxygen atoms in total. The third kappa shape index (κ3) is 2.85. The van der Waals surface area contributed by atoms with E-state index in [1.54, 1.807) is 0 Å². The summed E-state index contributed by atoms with van der Waals surface area (Å²) in [6.07, 6.45) is 0.